The third-order valence-electron chi connectivity index (χ3n) is 2.72. The zero-order valence-electron chi connectivity index (χ0n) is 10.5. The van der Waals surface area contributed by atoms with Gasteiger partial charge in [-0.1, -0.05) is 19.1 Å². The van der Waals surface area contributed by atoms with Crippen LogP contribution in [0.4, 0.5) is 0 Å². The fourth-order valence-corrected chi connectivity index (χ4v) is 4.00. The van der Waals surface area contributed by atoms with Gasteiger partial charge in [0.15, 0.2) is 0 Å². The van der Waals surface area contributed by atoms with Crippen molar-refractivity contribution >= 4 is 21.4 Å². The van der Waals surface area contributed by atoms with Crippen LogP contribution in [-0.2, 0) is 16.6 Å². The van der Waals surface area contributed by atoms with Crippen molar-refractivity contribution in [1.29, 1.82) is 0 Å². The molecule has 1 N–H and O–H groups in total. The zero-order chi connectivity index (χ0) is 13.9. The van der Waals surface area contributed by atoms with E-state index in [2.05, 4.69) is 0 Å². The minimum absolute atomic E-state index is 0.0479. The van der Waals surface area contributed by atoms with Crippen molar-refractivity contribution in [3.63, 3.8) is 0 Å². The van der Waals surface area contributed by atoms with E-state index >= 15 is 0 Å². The van der Waals surface area contributed by atoms with E-state index in [1.165, 1.54) is 39.9 Å². The quantitative estimate of drug-likeness (QED) is 0.923. The molecule has 0 aliphatic carbocycles. The molecule has 2 rings (SSSR count). The van der Waals surface area contributed by atoms with Crippen LogP contribution in [0.25, 0.3) is 0 Å². The molecule has 1 aromatic heterocycles. The van der Waals surface area contributed by atoms with E-state index in [1.807, 2.05) is 17.5 Å². The largest absolute Gasteiger partial charge is 0.508 e. The van der Waals surface area contributed by atoms with Gasteiger partial charge in [0, 0.05) is 18.0 Å². The second kappa shape index (κ2) is 5.73. The number of hydrogen-bond donors (Lipinski definition) is 1. The number of nitrogens with zero attached hydrogens (tertiary/aromatic N) is 1. The fourth-order valence-electron chi connectivity index (χ4n) is 1.74. The van der Waals surface area contributed by atoms with Gasteiger partial charge in [-0.05, 0) is 29.6 Å². The first-order chi connectivity index (χ1) is 9.04. The SMILES string of the molecule is CCN(Cc1cccs1)S(=O)(=O)c1cccc(O)c1. The molecule has 0 fully saturated rings. The Labute approximate surface area is 117 Å². The van der Waals surface area contributed by atoms with Gasteiger partial charge in [0.25, 0.3) is 0 Å². The molecule has 0 saturated heterocycles. The average Bonchev–Trinajstić information content (AvgIpc) is 2.88. The summed E-state index contributed by atoms with van der Waals surface area (Å²) in [6.07, 6.45) is 0. The summed E-state index contributed by atoms with van der Waals surface area (Å²) >= 11 is 1.53. The first-order valence-corrected chi connectivity index (χ1v) is 8.17. The van der Waals surface area contributed by atoms with Gasteiger partial charge >= 0.3 is 0 Å². The lowest BCUT2D eigenvalue weighted by Gasteiger charge is -2.19. The molecule has 0 spiro atoms. The molecular formula is C13H15NO3S2. The second-order valence-corrected chi connectivity index (χ2v) is 6.98. The normalized spacial score (nSPS) is 11.9. The molecule has 2 aromatic rings. The third-order valence-corrected chi connectivity index (χ3v) is 5.50. The molecule has 4 nitrogen and oxygen atoms in total. The molecule has 1 heterocycles. The first kappa shape index (κ1) is 14.0. The van der Waals surface area contributed by atoms with Crippen molar-refractivity contribution in [3.8, 4) is 5.75 Å². The predicted octanol–water partition coefficient (Wildman–Crippen LogP) is 2.66. The Balaban J connectivity index is 2.31. The van der Waals surface area contributed by atoms with Gasteiger partial charge in [0.2, 0.25) is 10.0 Å². The number of rotatable bonds is 5. The van der Waals surface area contributed by atoms with Crippen LogP contribution in [0.3, 0.4) is 0 Å². The van der Waals surface area contributed by atoms with Crippen LogP contribution in [0.2, 0.25) is 0 Å². The van der Waals surface area contributed by atoms with Crippen molar-refractivity contribution < 1.29 is 13.5 Å². The molecule has 0 amide bonds. The van der Waals surface area contributed by atoms with Crippen molar-refractivity contribution in [1.82, 2.24) is 4.31 Å². The van der Waals surface area contributed by atoms with Crippen molar-refractivity contribution in [2.45, 2.75) is 18.4 Å². The summed E-state index contributed by atoms with van der Waals surface area (Å²) in [4.78, 5) is 1.11. The molecule has 19 heavy (non-hydrogen) atoms. The molecule has 1 aromatic carbocycles. The Kier molecular flexibility index (Phi) is 4.24. The number of hydrogen-bond acceptors (Lipinski definition) is 4. The first-order valence-electron chi connectivity index (χ1n) is 5.85. The maximum absolute atomic E-state index is 12.5. The molecule has 0 aliphatic heterocycles. The summed E-state index contributed by atoms with van der Waals surface area (Å²) in [5.41, 5.74) is 0. The van der Waals surface area contributed by atoms with Gasteiger partial charge in [-0.3, -0.25) is 0 Å². The Morgan fingerprint density at radius 1 is 1.26 bits per heavy atom. The topological polar surface area (TPSA) is 57.6 Å². The van der Waals surface area contributed by atoms with Crippen molar-refractivity contribution in [2.24, 2.45) is 0 Å². The van der Waals surface area contributed by atoms with Crippen molar-refractivity contribution in [3.05, 3.63) is 46.7 Å². The van der Waals surface area contributed by atoms with E-state index in [0.29, 0.717) is 13.1 Å². The van der Waals surface area contributed by atoms with E-state index in [1.54, 1.807) is 6.92 Å². The molecule has 0 unspecified atom stereocenters. The van der Waals surface area contributed by atoms with Crippen molar-refractivity contribution in [2.75, 3.05) is 6.54 Å². The van der Waals surface area contributed by atoms with Gasteiger partial charge in [0.1, 0.15) is 5.75 Å². The van der Waals surface area contributed by atoms with E-state index in [-0.39, 0.29) is 10.6 Å². The summed E-state index contributed by atoms with van der Waals surface area (Å²) in [6.45, 7) is 2.54. The Morgan fingerprint density at radius 3 is 2.63 bits per heavy atom. The number of benzene rings is 1. The summed E-state index contributed by atoms with van der Waals surface area (Å²) in [7, 11) is -3.57. The highest BCUT2D eigenvalue weighted by molar-refractivity contribution is 7.89. The van der Waals surface area contributed by atoms with Crippen LogP contribution < -0.4 is 0 Å². The highest BCUT2D eigenvalue weighted by atomic mass is 32.2. The summed E-state index contributed by atoms with van der Waals surface area (Å²) in [5.74, 6) is -0.0479. The van der Waals surface area contributed by atoms with Crippen LogP contribution in [-0.4, -0.2) is 24.4 Å². The lowest BCUT2D eigenvalue weighted by atomic mass is 10.3. The number of thiophene rings is 1. The van der Waals surface area contributed by atoms with Crippen LogP contribution in [0.15, 0.2) is 46.7 Å². The van der Waals surface area contributed by atoms with Gasteiger partial charge < -0.3 is 5.11 Å². The molecule has 0 radical (unpaired) electrons. The lowest BCUT2D eigenvalue weighted by Crippen LogP contribution is -2.30. The Hall–Kier alpha value is -1.37. The van der Waals surface area contributed by atoms with Crippen LogP contribution >= 0.6 is 11.3 Å². The molecular weight excluding hydrogens is 282 g/mol. The van der Waals surface area contributed by atoms with Gasteiger partial charge in [-0.25, -0.2) is 8.42 Å². The summed E-state index contributed by atoms with van der Waals surface area (Å²) < 4.78 is 26.3. The number of phenols is 1. The fraction of sp³-hybridized carbons (Fsp3) is 0.231. The summed E-state index contributed by atoms with van der Waals surface area (Å²) in [6, 6.07) is 9.55. The van der Waals surface area contributed by atoms with E-state index in [9.17, 15) is 13.5 Å². The average molecular weight is 297 g/mol. The van der Waals surface area contributed by atoms with E-state index in [0.717, 1.165) is 4.88 Å². The van der Waals surface area contributed by atoms with Gasteiger partial charge in [-0.2, -0.15) is 4.31 Å². The Bertz CT molecular complexity index is 636. The van der Waals surface area contributed by atoms with Crippen LogP contribution in [0.1, 0.15) is 11.8 Å². The number of aromatic hydroxyl groups is 1. The van der Waals surface area contributed by atoms with Gasteiger partial charge in [-0.15, -0.1) is 11.3 Å². The van der Waals surface area contributed by atoms with Crippen LogP contribution in [0.5, 0.6) is 5.75 Å². The van der Waals surface area contributed by atoms with E-state index in [4.69, 9.17) is 0 Å². The molecule has 6 heteroatoms. The maximum Gasteiger partial charge on any atom is 0.243 e. The highest BCUT2D eigenvalue weighted by Crippen LogP contribution is 2.22. The maximum atomic E-state index is 12.5. The molecule has 0 bridgehead atoms. The zero-order valence-corrected chi connectivity index (χ0v) is 12.1. The Morgan fingerprint density at radius 2 is 2.05 bits per heavy atom. The minimum atomic E-state index is -3.57. The number of phenolic OH excluding ortho intramolecular Hbond substituents is 1. The van der Waals surface area contributed by atoms with Gasteiger partial charge in [0.05, 0.1) is 4.90 Å². The lowest BCUT2D eigenvalue weighted by molar-refractivity contribution is 0.425. The standard InChI is InChI=1S/C13H15NO3S2/c1-2-14(10-12-6-4-8-18-12)19(16,17)13-7-3-5-11(15)9-13/h3-9,15H,2,10H2,1H3. The molecule has 0 aliphatic rings. The molecule has 0 saturated carbocycles. The smallest absolute Gasteiger partial charge is 0.243 e. The molecule has 102 valence electrons. The van der Waals surface area contributed by atoms with Crippen LogP contribution in [0, 0.1) is 0 Å². The third kappa shape index (κ3) is 3.15. The monoisotopic (exact) mass is 297 g/mol. The second-order valence-electron chi connectivity index (χ2n) is 4.01. The molecule has 0 atom stereocenters. The van der Waals surface area contributed by atoms with E-state index < -0.39 is 10.0 Å². The predicted molar refractivity (Wildman–Crippen MR) is 75.7 cm³/mol. The minimum Gasteiger partial charge on any atom is -0.508 e. The number of sulfonamides is 1. The summed E-state index contributed by atoms with van der Waals surface area (Å²) in [5, 5.41) is 11.3. The highest BCUT2D eigenvalue weighted by Gasteiger charge is 2.23.